The van der Waals surface area contributed by atoms with Gasteiger partial charge in [0, 0.05) is 35.6 Å². The molecule has 0 aliphatic rings. The number of hydrogen-bond acceptors (Lipinski definition) is 1. The minimum Gasteiger partial charge on any atom is -0.348 e. The third-order valence-electron chi connectivity index (χ3n) is 1.01. The van der Waals surface area contributed by atoms with Crippen LogP contribution in [-0.4, -0.2) is 10.5 Å². The minimum absolute atomic E-state index is 0.00157. The van der Waals surface area contributed by atoms with Crippen LogP contribution in [0.3, 0.4) is 0 Å². The van der Waals surface area contributed by atoms with Crippen LogP contribution in [0.2, 0.25) is 0 Å². The zero-order valence-corrected chi connectivity index (χ0v) is 7.85. The van der Waals surface area contributed by atoms with E-state index in [1.807, 2.05) is 0 Å². The Labute approximate surface area is 74.9 Å². The highest BCUT2D eigenvalue weighted by atomic mass is 127. The van der Waals surface area contributed by atoms with Crippen LogP contribution >= 0.6 is 22.6 Å². The van der Waals surface area contributed by atoms with Crippen LogP contribution in [0.25, 0.3) is 0 Å². The van der Waals surface area contributed by atoms with Gasteiger partial charge in [0.05, 0.1) is 0 Å². The van der Waals surface area contributed by atoms with Gasteiger partial charge in [-0.25, -0.2) is 0 Å². The molecule has 0 aromatic carbocycles. The second kappa shape index (κ2) is 6.87. The maximum absolute atomic E-state index is 10.3. The quantitative estimate of drug-likeness (QED) is 0.267. The molecule has 3 heteroatoms. The molecule has 1 amide bonds. The van der Waals surface area contributed by atoms with E-state index in [0.29, 0.717) is 0 Å². The topological polar surface area (TPSA) is 29.1 Å². The first-order chi connectivity index (χ1) is 4.77. The molecule has 0 aromatic heterocycles. The van der Waals surface area contributed by atoms with E-state index in [0.717, 1.165) is 25.8 Å². The highest BCUT2D eigenvalue weighted by molar-refractivity contribution is 14.1. The van der Waals surface area contributed by atoms with Crippen molar-refractivity contribution in [3.63, 3.8) is 0 Å². The van der Waals surface area contributed by atoms with Gasteiger partial charge in [-0.15, -0.1) is 12.3 Å². The minimum atomic E-state index is -0.00157. The average Bonchev–Trinajstić information content (AvgIpc) is 1.87. The van der Waals surface area contributed by atoms with E-state index >= 15 is 0 Å². The molecule has 2 nitrogen and oxygen atoms in total. The first-order valence-electron chi connectivity index (χ1n) is 3.14. The summed E-state index contributed by atoms with van der Waals surface area (Å²) in [5.41, 5.74) is 0. The molecule has 1 N–H and O–H groups in total. The third kappa shape index (κ3) is 7.76. The molecule has 0 radical (unpaired) electrons. The van der Waals surface area contributed by atoms with E-state index in [-0.39, 0.29) is 3.91 Å². The van der Waals surface area contributed by atoms with Crippen LogP contribution in [-0.2, 0) is 0 Å². The number of unbranched alkanes of at least 4 members (excludes halogenated alkanes) is 2. The van der Waals surface area contributed by atoms with Crippen molar-refractivity contribution < 1.29 is 4.79 Å². The molecule has 0 heterocycles. The van der Waals surface area contributed by atoms with Gasteiger partial charge in [0.1, 0.15) is 0 Å². The lowest BCUT2D eigenvalue weighted by atomic mass is 10.2. The number of terminal acetylenes is 1. The molecule has 0 unspecified atom stereocenters. The maximum atomic E-state index is 10.3. The summed E-state index contributed by atoms with van der Waals surface area (Å²) in [6.07, 6.45) is 7.80. The molecule has 0 bridgehead atoms. The maximum Gasteiger partial charge on any atom is 0.280 e. The Balaban J connectivity index is 2.92. The molecule has 0 aliphatic carbocycles. The second-order valence-electron chi connectivity index (χ2n) is 1.86. The Kier molecular flexibility index (Phi) is 6.71. The zero-order chi connectivity index (χ0) is 7.82. The first-order valence-corrected chi connectivity index (χ1v) is 4.22. The predicted molar refractivity (Wildman–Crippen MR) is 50.1 cm³/mol. The fourth-order valence-electron chi connectivity index (χ4n) is 0.539. The van der Waals surface area contributed by atoms with E-state index in [1.165, 1.54) is 0 Å². The summed E-state index contributed by atoms with van der Waals surface area (Å²) in [5.74, 6) is 2.54. The Morgan fingerprint density at radius 3 is 2.80 bits per heavy atom. The largest absolute Gasteiger partial charge is 0.348 e. The second-order valence-corrected chi connectivity index (χ2v) is 2.84. The van der Waals surface area contributed by atoms with E-state index in [2.05, 4.69) is 11.2 Å². The van der Waals surface area contributed by atoms with Crippen molar-refractivity contribution in [1.29, 1.82) is 0 Å². The monoisotopic (exact) mass is 251 g/mol. The van der Waals surface area contributed by atoms with Gasteiger partial charge >= 0.3 is 0 Å². The van der Waals surface area contributed by atoms with E-state index in [4.69, 9.17) is 6.42 Å². The van der Waals surface area contributed by atoms with Crippen molar-refractivity contribution >= 4 is 26.5 Å². The summed E-state index contributed by atoms with van der Waals surface area (Å²) in [6, 6.07) is 0. The zero-order valence-electron chi connectivity index (χ0n) is 5.69. The summed E-state index contributed by atoms with van der Waals surface area (Å²) in [4.78, 5) is 10.3. The van der Waals surface area contributed by atoms with E-state index in [9.17, 15) is 4.79 Å². The van der Waals surface area contributed by atoms with Crippen LogP contribution in [0.5, 0.6) is 0 Å². The van der Waals surface area contributed by atoms with Crippen molar-refractivity contribution in [2.75, 3.05) is 6.54 Å². The van der Waals surface area contributed by atoms with Gasteiger partial charge in [-0.2, -0.15) is 0 Å². The van der Waals surface area contributed by atoms with Crippen molar-refractivity contribution in [2.24, 2.45) is 0 Å². The molecule has 0 rings (SSSR count). The molecule has 0 aromatic rings. The molecule has 10 heavy (non-hydrogen) atoms. The molecule has 0 saturated heterocycles. The van der Waals surface area contributed by atoms with Crippen LogP contribution in [0.4, 0.5) is 4.79 Å². The molecule has 0 saturated carbocycles. The molecular weight excluding hydrogens is 241 g/mol. The first kappa shape index (κ1) is 9.76. The number of nitrogens with one attached hydrogen (secondary N) is 1. The van der Waals surface area contributed by atoms with Crippen molar-refractivity contribution in [3.05, 3.63) is 0 Å². The fraction of sp³-hybridized carbons (Fsp3) is 0.571. The number of carbonyl (C=O) groups excluding carboxylic acids is 1. The Bertz CT molecular complexity index is 139. The molecule has 0 atom stereocenters. The summed E-state index contributed by atoms with van der Waals surface area (Å²) in [5, 5.41) is 2.68. The van der Waals surface area contributed by atoms with Crippen molar-refractivity contribution in [2.45, 2.75) is 19.3 Å². The van der Waals surface area contributed by atoms with Gasteiger partial charge in [-0.05, 0) is 12.8 Å². The lowest BCUT2D eigenvalue weighted by Crippen LogP contribution is -2.16. The lowest BCUT2D eigenvalue weighted by molar-refractivity contribution is 0.263. The van der Waals surface area contributed by atoms with Crippen LogP contribution in [0.1, 0.15) is 19.3 Å². The van der Waals surface area contributed by atoms with Crippen LogP contribution < -0.4 is 5.32 Å². The number of hydrogen-bond donors (Lipinski definition) is 1. The van der Waals surface area contributed by atoms with Gasteiger partial charge in [-0.1, -0.05) is 0 Å². The standard InChI is InChI=1S/C7H10INO/c1-2-3-4-5-6-9-7(8)10/h1H,3-6H2,(H,9,10). The molecular formula is C7H10INO. The van der Waals surface area contributed by atoms with Gasteiger partial charge < -0.3 is 5.32 Å². The highest BCUT2D eigenvalue weighted by Crippen LogP contribution is 1.92. The molecule has 0 fully saturated rings. The Hall–Kier alpha value is -0.240. The van der Waals surface area contributed by atoms with Crippen LogP contribution in [0.15, 0.2) is 0 Å². The van der Waals surface area contributed by atoms with Crippen molar-refractivity contribution in [1.82, 2.24) is 5.32 Å². The number of rotatable bonds is 4. The molecule has 0 spiro atoms. The fourth-order valence-corrected chi connectivity index (χ4v) is 0.808. The average molecular weight is 251 g/mol. The van der Waals surface area contributed by atoms with Crippen molar-refractivity contribution in [3.8, 4) is 12.3 Å². The lowest BCUT2D eigenvalue weighted by Gasteiger charge is -1.97. The normalized spacial score (nSPS) is 8.40. The van der Waals surface area contributed by atoms with Gasteiger partial charge in [0.25, 0.3) is 3.91 Å². The summed E-state index contributed by atoms with van der Waals surface area (Å²) in [6.45, 7) is 0.740. The smallest absolute Gasteiger partial charge is 0.280 e. The third-order valence-corrected chi connectivity index (χ3v) is 1.39. The SMILES string of the molecule is C#CCCCCNC(=O)I. The predicted octanol–water partition coefficient (Wildman–Crippen LogP) is 1.93. The van der Waals surface area contributed by atoms with E-state index in [1.54, 1.807) is 22.6 Å². The van der Waals surface area contributed by atoms with E-state index < -0.39 is 0 Å². The van der Waals surface area contributed by atoms with Gasteiger partial charge in [-0.3, -0.25) is 4.79 Å². The summed E-state index contributed by atoms with van der Waals surface area (Å²) < 4.78 is -0.00157. The number of halogens is 1. The van der Waals surface area contributed by atoms with Crippen LogP contribution in [0, 0.1) is 12.3 Å². The molecule has 0 aliphatic heterocycles. The van der Waals surface area contributed by atoms with Gasteiger partial charge in [0.15, 0.2) is 0 Å². The Morgan fingerprint density at radius 2 is 2.30 bits per heavy atom. The summed E-state index contributed by atoms with van der Waals surface area (Å²) >= 11 is 1.71. The number of amides is 1. The molecule has 56 valence electrons. The Morgan fingerprint density at radius 1 is 1.60 bits per heavy atom. The highest BCUT2D eigenvalue weighted by Gasteiger charge is 1.90. The summed E-state index contributed by atoms with van der Waals surface area (Å²) in [7, 11) is 0. The van der Waals surface area contributed by atoms with Gasteiger partial charge in [0.2, 0.25) is 0 Å². The number of carbonyl (C=O) groups is 1.